The predicted molar refractivity (Wildman–Crippen MR) is 129 cm³/mol. The predicted octanol–water partition coefficient (Wildman–Crippen LogP) is 2.93. The Morgan fingerprint density at radius 2 is 1.97 bits per heavy atom. The summed E-state index contributed by atoms with van der Waals surface area (Å²) >= 11 is 4.39. The van der Waals surface area contributed by atoms with Crippen LogP contribution in [-0.4, -0.2) is 53.8 Å². The summed E-state index contributed by atoms with van der Waals surface area (Å²) in [5, 5.41) is 8.37. The minimum absolute atomic E-state index is 0.0169. The standard InChI is InChI=1S/C24H34N4O2S/c1-18(29)26-14-5-4-13-24(25)22(12-7-17-31)28(16-15-27-24)23(30)21-11-6-9-19-8-2-3-10-20(19)21/h2-3,6,8-11,22,27,31H,4-5,7,12-17,25H2,1H3,(H,26,29)/t22?,24-/m0/s1. The summed E-state index contributed by atoms with van der Waals surface area (Å²) in [7, 11) is 0. The van der Waals surface area contributed by atoms with Gasteiger partial charge in [0.15, 0.2) is 0 Å². The molecule has 1 saturated heterocycles. The van der Waals surface area contributed by atoms with E-state index in [9.17, 15) is 9.59 Å². The molecule has 0 spiro atoms. The third kappa shape index (κ3) is 5.79. The van der Waals surface area contributed by atoms with Gasteiger partial charge in [0.1, 0.15) is 0 Å². The van der Waals surface area contributed by atoms with Crippen molar-refractivity contribution in [2.75, 3.05) is 25.4 Å². The molecular formula is C24H34N4O2S. The number of benzene rings is 2. The largest absolute Gasteiger partial charge is 0.356 e. The van der Waals surface area contributed by atoms with Crippen LogP contribution in [0.4, 0.5) is 0 Å². The van der Waals surface area contributed by atoms with E-state index in [1.165, 1.54) is 6.92 Å². The molecule has 6 nitrogen and oxygen atoms in total. The number of piperazine rings is 1. The molecule has 2 aromatic rings. The Hall–Kier alpha value is -2.09. The quantitative estimate of drug-likeness (QED) is 0.355. The van der Waals surface area contributed by atoms with Gasteiger partial charge < -0.3 is 16.0 Å². The van der Waals surface area contributed by atoms with Crippen LogP contribution in [0.1, 0.15) is 49.4 Å². The van der Waals surface area contributed by atoms with Gasteiger partial charge in [-0.15, -0.1) is 0 Å². The number of nitrogens with two attached hydrogens (primary N) is 1. The molecule has 31 heavy (non-hydrogen) atoms. The van der Waals surface area contributed by atoms with Gasteiger partial charge in [0.2, 0.25) is 5.91 Å². The molecular weight excluding hydrogens is 408 g/mol. The highest BCUT2D eigenvalue weighted by atomic mass is 32.1. The van der Waals surface area contributed by atoms with Gasteiger partial charge in [-0.2, -0.15) is 12.6 Å². The third-order valence-corrected chi connectivity index (χ3v) is 6.40. The molecule has 7 heteroatoms. The number of rotatable bonds is 9. The van der Waals surface area contributed by atoms with E-state index >= 15 is 0 Å². The number of hydrogen-bond donors (Lipinski definition) is 4. The Morgan fingerprint density at radius 1 is 1.19 bits per heavy atom. The topological polar surface area (TPSA) is 87.5 Å². The van der Waals surface area contributed by atoms with Gasteiger partial charge in [-0.1, -0.05) is 36.4 Å². The van der Waals surface area contributed by atoms with Crippen LogP contribution in [0.2, 0.25) is 0 Å². The van der Waals surface area contributed by atoms with Gasteiger partial charge in [0.05, 0.1) is 11.7 Å². The van der Waals surface area contributed by atoms with Crippen molar-refractivity contribution in [2.24, 2.45) is 5.73 Å². The lowest BCUT2D eigenvalue weighted by Crippen LogP contribution is -2.72. The van der Waals surface area contributed by atoms with E-state index < -0.39 is 5.66 Å². The van der Waals surface area contributed by atoms with Gasteiger partial charge in [0, 0.05) is 32.1 Å². The van der Waals surface area contributed by atoms with Crippen LogP contribution in [0, 0.1) is 0 Å². The van der Waals surface area contributed by atoms with Crippen LogP contribution in [-0.2, 0) is 4.79 Å². The molecule has 4 N–H and O–H groups in total. The van der Waals surface area contributed by atoms with Crippen LogP contribution >= 0.6 is 12.6 Å². The van der Waals surface area contributed by atoms with Crippen molar-refractivity contribution in [3.05, 3.63) is 48.0 Å². The van der Waals surface area contributed by atoms with E-state index in [0.717, 1.165) is 54.2 Å². The van der Waals surface area contributed by atoms with Crippen LogP contribution in [0.15, 0.2) is 42.5 Å². The highest BCUT2D eigenvalue weighted by molar-refractivity contribution is 7.80. The van der Waals surface area contributed by atoms with Gasteiger partial charge in [-0.25, -0.2) is 0 Å². The second kappa shape index (κ2) is 11.0. The SMILES string of the molecule is CC(=O)NCCCC[C@]1(N)NCCN(C(=O)c2cccc3ccccc23)C1CCCS. The first-order valence-electron chi connectivity index (χ1n) is 11.1. The molecule has 0 aromatic heterocycles. The molecule has 1 aliphatic heterocycles. The maximum atomic E-state index is 13.7. The molecule has 168 valence electrons. The van der Waals surface area contributed by atoms with Crippen molar-refractivity contribution >= 4 is 35.2 Å². The minimum atomic E-state index is -0.655. The number of amides is 2. The average Bonchev–Trinajstić information content (AvgIpc) is 2.77. The normalized spacial score (nSPS) is 21.3. The molecule has 0 bridgehead atoms. The van der Waals surface area contributed by atoms with Crippen LogP contribution < -0.4 is 16.4 Å². The fourth-order valence-corrected chi connectivity index (χ4v) is 4.71. The number of carbonyl (C=O) groups excluding carboxylic acids is 2. The van der Waals surface area contributed by atoms with Gasteiger partial charge in [-0.3, -0.25) is 14.9 Å². The van der Waals surface area contributed by atoms with E-state index in [0.29, 0.717) is 19.6 Å². The Morgan fingerprint density at radius 3 is 2.74 bits per heavy atom. The van der Waals surface area contributed by atoms with Gasteiger partial charge in [-0.05, 0) is 54.7 Å². The fourth-order valence-electron chi connectivity index (χ4n) is 4.53. The number of fused-ring (bicyclic) bond motifs is 1. The minimum Gasteiger partial charge on any atom is -0.356 e. The maximum absolute atomic E-state index is 13.7. The monoisotopic (exact) mass is 442 g/mol. The first kappa shape index (κ1) is 23.6. The molecule has 1 aliphatic rings. The zero-order chi connectivity index (χ0) is 22.3. The van der Waals surface area contributed by atoms with E-state index in [1.807, 2.05) is 47.4 Å². The second-order valence-electron chi connectivity index (χ2n) is 8.31. The summed E-state index contributed by atoms with van der Waals surface area (Å²) in [4.78, 5) is 26.8. The van der Waals surface area contributed by atoms with E-state index in [1.54, 1.807) is 0 Å². The van der Waals surface area contributed by atoms with Crippen molar-refractivity contribution in [3.8, 4) is 0 Å². The summed E-state index contributed by atoms with van der Waals surface area (Å²) in [6, 6.07) is 13.8. The first-order valence-corrected chi connectivity index (χ1v) is 11.8. The third-order valence-electron chi connectivity index (χ3n) is 6.09. The van der Waals surface area contributed by atoms with E-state index in [2.05, 4.69) is 23.3 Å². The summed E-state index contributed by atoms with van der Waals surface area (Å²) in [6.45, 7) is 3.46. The number of thiol groups is 1. The zero-order valence-corrected chi connectivity index (χ0v) is 19.2. The summed E-state index contributed by atoms with van der Waals surface area (Å²) in [5.41, 5.74) is 6.96. The molecule has 1 unspecified atom stereocenters. The first-order chi connectivity index (χ1) is 15.0. The molecule has 0 radical (unpaired) electrons. The van der Waals surface area contributed by atoms with Crippen molar-refractivity contribution in [1.29, 1.82) is 0 Å². The lowest BCUT2D eigenvalue weighted by molar-refractivity contribution is -0.118. The van der Waals surface area contributed by atoms with Crippen molar-refractivity contribution in [3.63, 3.8) is 0 Å². The van der Waals surface area contributed by atoms with Crippen molar-refractivity contribution in [2.45, 2.75) is 50.7 Å². The molecule has 0 saturated carbocycles. The lowest BCUT2D eigenvalue weighted by atomic mass is 9.87. The molecule has 0 aliphatic carbocycles. The van der Waals surface area contributed by atoms with Crippen LogP contribution in [0.25, 0.3) is 10.8 Å². The Bertz CT molecular complexity index is 901. The van der Waals surface area contributed by atoms with E-state index in [4.69, 9.17) is 5.73 Å². The van der Waals surface area contributed by atoms with Gasteiger partial charge in [0.25, 0.3) is 5.91 Å². The lowest BCUT2D eigenvalue weighted by Gasteiger charge is -2.49. The molecule has 3 rings (SSSR count). The highest BCUT2D eigenvalue weighted by Gasteiger charge is 2.43. The Labute approximate surface area is 190 Å². The zero-order valence-electron chi connectivity index (χ0n) is 18.3. The summed E-state index contributed by atoms with van der Waals surface area (Å²) in [5.74, 6) is 0.776. The van der Waals surface area contributed by atoms with Crippen LogP contribution in [0.3, 0.4) is 0 Å². The summed E-state index contributed by atoms with van der Waals surface area (Å²) < 4.78 is 0. The highest BCUT2D eigenvalue weighted by Crippen LogP contribution is 2.28. The van der Waals surface area contributed by atoms with Crippen LogP contribution in [0.5, 0.6) is 0 Å². The number of hydrogen-bond acceptors (Lipinski definition) is 5. The van der Waals surface area contributed by atoms with Crippen molar-refractivity contribution in [1.82, 2.24) is 15.5 Å². The number of carbonyl (C=O) groups is 2. The molecule has 1 fully saturated rings. The van der Waals surface area contributed by atoms with Crippen molar-refractivity contribution < 1.29 is 9.59 Å². The Kier molecular flexibility index (Phi) is 8.35. The number of nitrogens with zero attached hydrogens (tertiary/aromatic N) is 1. The molecule has 1 heterocycles. The second-order valence-corrected chi connectivity index (χ2v) is 8.76. The summed E-state index contributed by atoms with van der Waals surface area (Å²) in [6.07, 6.45) is 4.16. The smallest absolute Gasteiger partial charge is 0.254 e. The van der Waals surface area contributed by atoms with Gasteiger partial charge >= 0.3 is 0 Å². The average molecular weight is 443 g/mol. The molecule has 2 aromatic carbocycles. The van der Waals surface area contributed by atoms with E-state index in [-0.39, 0.29) is 17.9 Å². The number of unbranched alkanes of at least 4 members (excludes halogenated alkanes) is 1. The molecule has 2 atom stereocenters. The fraction of sp³-hybridized carbons (Fsp3) is 0.500. The Balaban J connectivity index is 1.80. The maximum Gasteiger partial charge on any atom is 0.254 e. The molecule has 2 amide bonds. The number of nitrogens with one attached hydrogen (secondary N) is 2.